The molecule has 0 heterocycles. The van der Waals surface area contributed by atoms with E-state index >= 15 is 0 Å². The molecule has 0 aliphatic rings. The largest absolute Gasteiger partial charge is 0.218 e. The van der Waals surface area contributed by atoms with Gasteiger partial charge >= 0.3 is 0 Å². The van der Waals surface area contributed by atoms with Crippen molar-refractivity contribution in [1.82, 2.24) is 0 Å². The van der Waals surface area contributed by atoms with Crippen LogP contribution in [0.2, 0.25) is 0 Å². The summed E-state index contributed by atoms with van der Waals surface area (Å²) in [5, 5.41) is 0. The average molecular weight is 399 g/mol. The lowest BCUT2D eigenvalue weighted by molar-refractivity contribution is 0.601. The fraction of sp³-hybridized carbons (Fsp3) is 0.115. The van der Waals surface area contributed by atoms with Crippen molar-refractivity contribution in [1.29, 1.82) is 0 Å². The van der Waals surface area contributed by atoms with Crippen LogP contribution in [-0.4, -0.2) is 8.42 Å². The average Bonchev–Trinajstić information content (AvgIpc) is 2.77. The lowest BCUT2D eigenvalue weighted by atomic mass is 10.0. The van der Waals surface area contributed by atoms with Crippen LogP contribution in [0.25, 0.3) is 0 Å². The Morgan fingerprint density at radius 3 is 2.03 bits per heavy atom. The summed E-state index contributed by atoms with van der Waals surface area (Å²) >= 11 is 0. The SMILES string of the molecule is C=C=C(Cc1ccccc1CCC#Cc1ccccc1)S(=O)(=O)c1ccccc1. The maximum absolute atomic E-state index is 12.9. The maximum Gasteiger partial charge on any atom is 0.210 e. The quantitative estimate of drug-likeness (QED) is 0.414. The third-order valence-electron chi connectivity index (χ3n) is 4.57. The molecule has 0 spiro atoms. The molecular weight excluding hydrogens is 376 g/mol. The van der Waals surface area contributed by atoms with E-state index in [0.29, 0.717) is 6.42 Å². The summed E-state index contributed by atoms with van der Waals surface area (Å²) < 4.78 is 25.9. The molecule has 3 aromatic carbocycles. The van der Waals surface area contributed by atoms with E-state index in [-0.39, 0.29) is 16.2 Å². The standard InChI is InChI=1S/C26H22O2S/c1-2-25(29(27,28)26-19-7-4-8-20-26)21-24-18-12-11-17-23(24)16-10-9-15-22-13-5-3-6-14-22/h3-8,11-14,17-20H,1,10,16,21H2. The highest BCUT2D eigenvalue weighted by Crippen LogP contribution is 2.23. The Kier molecular flexibility index (Phi) is 6.87. The van der Waals surface area contributed by atoms with Gasteiger partial charge in [-0.1, -0.05) is 79.1 Å². The molecule has 0 aromatic heterocycles. The zero-order chi connectivity index (χ0) is 20.5. The minimum atomic E-state index is -3.61. The summed E-state index contributed by atoms with van der Waals surface area (Å²) in [4.78, 5) is 0.448. The van der Waals surface area contributed by atoms with Crippen LogP contribution in [0, 0.1) is 11.8 Å². The molecule has 0 radical (unpaired) electrons. The molecule has 0 fully saturated rings. The monoisotopic (exact) mass is 398 g/mol. The van der Waals surface area contributed by atoms with Crippen LogP contribution >= 0.6 is 0 Å². The van der Waals surface area contributed by atoms with Crippen molar-refractivity contribution in [3.63, 3.8) is 0 Å². The van der Waals surface area contributed by atoms with Gasteiger partial charge in [0.1, 0.15) is 0 Å². The summed E-state index contributed by atoms with van der Waals surface area (Å²) in [6, 6.07) is 26.1. The van der Waals surface area contributed by atoms with E-state index < -0.39 is 9.84 Å². The highest BCUT2D eigenvalue weighted by atomic mass is 32.2. The Hall–Kier alpha value is -3.31. The van der Waals surface area contributed by atoms with Crippen molar-refractivity contribution in [2.75, 3.05) is 0 Å². The zero-order valence-corrected chi connectivity index (χ0v) is 17.0. The van der Waals surface area contributed by atoms with Gasteiger partial charge in [-0.25, -0.2) is 8.42 Å². The van der Waals surface area contributed by atoms with Crippen LogP contribution in [-0.2, 0) is 22.7 Å². The second-order valence-electron chi connectivity index (χ2n) is 6.53. The molecule has 0 saturated carbocycles. The summed E-state index contributed by atoms with van der Waals surface area (Å²) in [5.74, 6) is 6.36. The van der Waals surface area contributed by atoms with E-state index in [0.717, 1.165) is 23.1 Å². The molecule has 3 rings (SSSR count). The van der Waals surface area contributed by atoms with Crippen molar-refractivity contribution >= 4 is 9.84 Å². The van der Waals surface area contributed by atoms with Crippen LogP contribution < -0.4 is 0 Å². The van der Waals surface area contributed by atoms with Gasteiger partial charge in [-0.15, -0.1) is 5.73 Å². The van der Waals surface area contributed by atoms with E-state index in [1.807, 2.05) is 54.6 Å². The minimum absolute atomic E-state index is 0.187. The minimum Gasteiger partial charge on any atom is -0.218 e. The van der Waals surface area contributed by atoms with E-state index in [1.54, 1.807) is 30.3 Å². The van der Waals surface area contributed by atoms with E-state index in [2.05, 4.69) is 24.2 Å². The first kappa shape index (κ1) is 20.4. The van der Waals surface area contributed by atoms with Gasteiger partial charge in [0.25, 0.3) is 0 Å². The van der Waals surface area contributed by atoms with Crippen LogP contribution in [0.5, 0.6) is 0 Å². The predicted molar refractivity (Wildman–Crippen MR) is 118 cm³/mol. The number of rotatable bonds is 6. The van der Waals surface area contributed by atoms with Gasteiger partial charge in [-0.05, 0) is 41.8 Å². The molecular formula is C26H22O2S. The molecule has 144 valence electrons. The van der Waals surface area contributed by atoms with Crippen molar-refractivity contribution in [2.45, 2.75) is 24.2 Å². The number of sulfone groups is 1. The lowest BCUT2D eigenvalue weighted by Crippen LogP contribution is -2.08. The Balaban J connectivity index is 1.76. The van der Waals surface area contributed by atoms with Gasteiger partial charge in [0.05, 0.1) is 9.80 Å². The number of aryl methyl sites for hydroxylation is 1. The highest BCUT2D eigenvalue weighted by Gasteiger charge is 2.21. The maximum atomic E-state index is 12.9. The van der Waals surface area contributed by atoms with E-state index in [9.17, 15) is 8.42 Å². The topological polar surface area (TPSA) is 34.1 Å². The fourth-order valence-corrected chi connectivity index (χ4v) is 4.36. The second-order valence-corrected chi connectivity index (χ2v) is 8.50. The van der Waals surface area contributed by atoms with E-state index in [1.165, 1.54) is 0 Å². The number of benzene rings is 3. The molecule has 0 unspecified atom stereocenters. The lowest BCUT2D eigenvalue weighted by Gasteiger charge is -2.11. The molecule has 0 amide bonds. The second kappa shape index (κ2) is 9.75. The van der Waals surface area contributed by atoms with E-state index in [4.69, 9.17) is 0 Å². The highest BCUT2D eigenvalue weighted by molar-refractivity contribution is 7.95. The molecule has 0 atom stereocenters. The molecule has 0 bridgehead atoms. The first-order valence-electron chi connectivity index (χ1n) is 9.41. The molecule has 3 aromatic rings. The summed E-state index contributed by atoms with van der Waals surface area (Å²) in [6.07, 6.45) is 1.72. The Morgan fingerprint density at radius 1 is 0.793 bits per heavy atom. The van der Waals surface area contributed by atoms with Crippen molar-refractivity contribution in [2.24, 2.45) is 0 Å². The van der Waals surface area contributed by atoms with Gasteiger partial charge in [-0.3, -0.25) is 0 Å². The van der Waals surface area contributed by atoms with Gasteiger partial charge in [-0.2, -0.15) is 0 Å². The first-order valence-corrected chi connectivity index (χ1v) is 10.9. The third-order valence-corrected chi connectivity index (χ3v) is 6.40. The normalized spacial score (nSPS) is 10.5. The molecule has 0 saturated heterocycles. The van der Waals surface area contributed by atoms with Crippen LogP contribution in [0.1, 0.15) is 23.1 Å². The van der Waals surface area contributed by atoms with Gasteiger partial charge in [0, 0.05) is 18.4 Å². The van der Waals surface area contributed by atoms with Gasteiger partial charge in [0.15, 0.2) is 0 Å². The number of allylic oxidation sites excluding steroid dienone is 1. The molecule has 2 nitrogen and oxygen atoms in total. The first-order chi connectivity index (χ1) is 14.1. The predicted octanol–water partition coefficient (Wildman–Crippen LogP) is 5.36. The third kappa shape index (κ3) is 5.36. The molecule has 0 N–H and O–H groups in total. The van der Waals surface area contributed by atoms with Crippen LogP contribution in [0.4, 0.5) is 0 Å². The van der Waals surface area contributed by atoms with Crippen molar-refractivity contribution < 1.29 is 8.42 Å². The molecule has 3 heteroatoms. The molecule has 0 aliphatic heterocycles. The Labute approximate surface area is 173 Å². The number of hydrogen-bond acceptors (Lipinski definition) is 2. The zero-order valence-electron chi connectivity index (χ0n) is 16.1. The smallest absolute Gasteiger partial charge is 0.210 e. The summed E-state index contributed by atoms with van der Waals surface area (Å²) in [7, 11) is -3.61. The van der Waals surface area contributed by atoms with Crippen LogP contribution in [0.15, 0.2) is 107 Å². The summed E-state index contributed by atoms with van der Waals surface area (Å²) in [5.41, 5.74) is 5.70. The number of hydrogen-bond donors (Lipinski definition) is 0. The van der Waals surface area contributed by atoms with Gasteiger partial charge in [0.2, 0.25) is 9.84 Å². The molecule has 0 aliphatic carbocycles. The van der Waals surface area contributed by atoms with Crippen molar-refractivity contribution in [3.05, 3.63) is 119 Å². The Bertz CT molecular complexity index is 1180. The van der Waals surface area contributed by atoms with Crippen LogP contribution in [0.3, 0.4) is 0 Å². The van der Waals surface area contributed by atoms with Gasteiger partial charge < -0.3 is 0 Å². The van der Waals surface area contributed by atoms with Crippen molar-refractivity contribution in [3.8, 4) is 11.8 Å². The Morgan fingerprint density at radius 2 is 1.38 bits per heavy atom. The molecule has 29 heavy (non-hydrogen) atoms. The summed E-state index contributed by atoms with van der Waals surface area (Å²) in [6.45, 7) is 3.62. The fourth-order valence-electron chi connectivity index (χ4n) is 3.02.